The van der Waals surface area contributed by atoms with Gasteiger partial charge in [-0.25, -0.2) is 18.1 Å². The summed E-state index contributed by atoms with van der Waals surface area (Å²) >= 11 is 1.50. The minimum atomic E-state index is -3.55. The van der Waals surface area contributed by atoms with Crippen molar-refractivity contribution in [3.63, 3.8) is 0 Å². The monoisotopic (exact) mass is 475 g/mol. The van der Waals surface area contributed by atoms with E-state index in [1.54, 1.807) is 23.7 Å². The topological polar surface area (TPSA) is 90.0 Å². The van der Waals surface area contributed by atoms with Crippen molar-refractivity contribution in [2.45, 2.75) is 11.3 Å². The van der Waals surface area contributed by atoms with Gasteiger partial charge in [-0.3, -0.25) is 4.90 Å². The van der Waals surface area contributed by atoms with Gasteiger partial charge in [0.2, 0.25) is 15.8 Å². The van der Waals surface area contributed by atoms with Gasteiger partial charge >= 0.3 is 0 Å². The number of aromatic nitrogens is 1. The van der Waals surface area contributed by atoms with E-state index in [0.29, 0.717) is 43.4 Å². The van der Waals surface area contributed by atoms with Crippen molar-refractivity contribution in [3.8, 4) is 17.2 Å². The Morgan fingerprint density at radius 3 is 3.06 bits per heavy atom. The molecular weight excluding hydrogens is 450 g/mol. The molecule has 1 unspecified atom stereocenters. The lowest BCUT2D eigenvalue weighted by molar-refractivity contribution is 0.158. The van der Waals surface area contributed by atoms with Crippen molar-refractivity contribution in [2.24, 2.45) is 5.92 Å². The third kappa shape index (κ3) is 4.68. The number of nitrogens with zero attached hydrogens (tertiary/aromatic N) is 2. The van der Waals surface area contributed by atoms with Gasteiger partial charge in [-0.05, 0) is 49.2 Å². The predicted molar refractivity (Wildman–Crippen MR) is 122 cm³/mol. The highest BCUT2D eigenvalue weighted by Gasteiger charge is 2.25. The Morgan fingerprint density at radius 2 is 2.12 bits per heavy atom. The van der Waals surface area contributed by atoms with E-state index in [1.807, 2.05) is 18.2 Å². The lowest BCUT2D eigenvalue weighted by Gasteiger charge is -2.22. The Kier molecular flexibility index (Phi) is 6.18. The van der Waals surface area contributed by atoms with E-state index in [1.165, 1.54) is 11.3 Å². The van der Waals surface area contributed by atoms with Gasteiger partial charge in [0.25, 0.3) is 0 Å². The summed E-state index contributed by atoms with van der Waals surface area (Å²) < 4.78 is 46.3. The maximum atomic E-state index is 12.7. The number of para-hydroxylation sites is 1. The fraction of sp³-hybridized carbons (Fsp3) is 0.409. The Balaban J connectivity index is 1.10. The van der Waals surface area contributed by atoms with Gasteiger partial charge in [0.05, 0.1) is 20.6 Å². The third-order valence-electron chi connectivity index (χ3n) is 5.74. The Bertz CT molecular complexity index is 1200. The first kappa shape index (κ1) is 21.4. The minimum Gasteiger partial charge on any atom is -0.488 e. The van der Waals surface area contributed by atoms with Gasteiger partial charge in [0.1, 0.15) is 19.8 Å². The van der Waals surface area contributed by atoms with Crippen LogP contribution in [0.2, 0.25) is 0 Å². The van der Waals surface area contributed by atoms with E-state index in [-0.39, 0.29) is 10.8 Å². The van der Waals surface area contributed by atoms with Crippen LogP contribution in [0.15, 0.2) is 46.8 Å². The molecule has 3 heterocycles. The van der Waals surface area contributed by atoms with Crippen LogP contribution in [0, 0.1) is 5.92 Å². The van der Waals surface area contributed by atoms with Gasteiger partial charge < -0.3 is 14.2 Å². The molecule has 1 aromatic heterocycles. The zero-order chi connectivity index (χ0) is 22.0. The number of nitrogens with one attached hydrogen (secondary N) is 1. The van der Waals surface area contributed by atoms with Crippen molar-refractivity contribution >= 4 is 31.6 Å². The highest BCUT2D eigenvalue weighted by atomic mass is 32.2. The van der Waals surface area contributed by atoms with E-state index < -0.39 is 10.0 Å². The molecule has 0 spiro atoms. The molecule has 1 atom stereocenters. The maximum absolute atomic E-state index is 12.7. The van der Waals surface area contributed by atoms with Crippen LogP contribution in [0.1, 0.15) is 6.42 Å². The summed E-state index contributed by atoms with van der Waals surface area (Å²) in [6.07, 6.45) is 0.950. The summed E-state index contributed by atoms with van der Waals surface area (Å²) in [5.74, 6) is 2.36. The molecule has 8 nitrogen and oxygen atoms in total. The van der Waals surface area contributed by atoms with E-state index in [0.717, 1.165) is 36.5 Å². The smallest absolute Gasteiger partial charge is 0.240 e. The van der Waals surface area contributed by atoms with Gasteiger partial charge in [-0.1, -0.05) is 6.07 Å². The first-order valence-electron chi connectivity index (χ1n) is 10.7. The third-order valence-corrected chi connectivity index (χ3v) is 7.97. The molecule has 1 saturated heterocycles. The molecular formula is C22H25N3O5S2. The molecule has 2 aliphatic rings. The van der Waals surface area contributed by atoms with Crippen LogP contribution in [0.5, 0.6) is 17.2 Å². The Hall–Kier alpha value is -2.40. The number of fused-ring (bicyclic) bond motifs is 2. The van der Waals surface area contributed by atoms with Crippen LogP contribution in [-0.2, 0) is 10.0 Å². The highest BCUT2D eigenvalue weighted by Crippen LogP contribution is 2.38. The number of likely N-dealkylation sites (tertiary alicyclic amines) is 1. The Morgan fingerprint density at radius 1 is 1.22 bits per heavy atom. The molecule has 2 aliphatic heterocycles. The van der Waals surface area contributed by atoms with Crippen molar-refractivity contribution in [1.82, 2.24) is 14.6 Å². The quantitative estimate of drug-likeness (QED) is 0.536. The SMILES string of the molecule is O=S(=O)(NCC1CCN(CCOc2cccc3c2OCCO3)C1)c1ccc2scnc2c1. The maximum Gasteiger partial charge on any atom is 0.240 e. The number of hydrogen-bond donors (Lipinski definition) is 1. The average Bonchev–Trinajstić information content (AvgIpc) is 3.47. The zero-order valence-electron chi connectivity index (χ0n) is 17.5. The molecule has 0 saturated carbocycles. The van der Waals surface area contributed by atoms with Crippen molar-refractivity contribution in [2.75, 3.05) is 46.0 Å². The number of benzene rings is 2. The minimum absolute atomic E-state index is 0.261. The lowest BCUT2D eigenvalue weighted by atomic mass is 10.1. The van der Waals surface area contributed by atoms with Crippen LogP contribution >= 0.6 is 11.3 Å². The standard InChI is InChI=1S/C22H25N3O5S2/c26-32(27,17-4-5-21-18(12-17)23-15-31-21)24-13-16-6-7-25(14-16)8-9-28-19-2-1-3-20-22(19)30-11-10-29-20/h1-5,12,15-16,24H,6-11,13-14H2. The summed E-state index contributed by atoms with van der Waals surface area (Å²) in [5, 5.41) is 0. The number of rotatable bonds is 8. The van der Waals surface area contributed by atoms with Crippen LogP contribution in [0.3, 0.4) is 0 Å². The van der Waals surface area contributed by atoms with Crippen LogP contribution < -0.4 is 18.9 Å². The molecule has 0 amide bonds. The summed E-state index contributed by atoms with van der Waals surface area (Å²) in [7, 11) is -3.55. The number of ether oxygens (including phenoxy) is 3. The van der Waals surface area contributed by atoms with Crippen molar-refractivity contribution < 1.29 is 22.6 Å². The molecule has 3 aromatic rings. The molecule has 32 heavy (non-hydrogen) atoms. The molecule has 2 aromatic carbocycles. The number of thiazole rings is 1. The first-order valence-corrected chi connectivity index (χ1v) is 13.0. The number of hydrogen-bond acceptors (Lipinski definition) is 8. The van der Waals surface area contributed by atoms with E-state index in [4.69, 9.17) is 14.2 Å². The molecule has 5 rings (SSSR count). The second-order valence-corrected chi connectivity index (χ2v) is 10.6. The Labute approximate surface area is 191 Å². The average molecular weight is 476 g/mol. The van der Waals surface area contributed by atoms with Gasteiger partial charge in [0.15, 0.2) is 11.5 Å². The summed E-state index contributed by atoms with van der Waals surface area (Å²) in [6, 6.07) is 10.7. The van der Waals surface area contributed by atoms with Crippen LogP contribution in [0.25, 0.3) is 10.2 Å². The van der Waals surface area contributed by atoms with E-state index in [9.17, 15) is 8.42 Å². The summed E-state index contributed by atoms with van der Waals surface area (Å²) in [4.78, 5) is 6.77. The van der Waals surface area contributed by atoms with Crippen molar-refractivity contribution in [1.29, 1.82) is 0 Å². The van der Waals surface area contributed by atoms with E-state index >= 15 is 0 Å². The fourth-order valence-corrected chi connectivity index (χ4v) is 5.84. The normalized spacial score (nSPS) is 18.8. The highest BCUT2D eigenvalue weighted by molar-refractivity contribution is 7.89. The molecule has 0 radical (unpaired) electrons. The predicted octanol–water partition coefficient (Wildman–Crippen LogP) is 2.75. The van der Waals surface area contributed by atoms with Gasteiger partial charge in [0, 0.05) is 19.6 Å². The summed E-state index contributed by atoms with van der Waals surface area (Å²) in [5.41, 5.74) is 2.43. The van der Waals surface area contributed by atoms with Crippen LogP contribution in [-0.4, -0.2) is 64.3 Å². The second kappa shape index (κ2) is 9.22. The molecule has 10 heteroatoms. The van der Waals surface area contributed by atoms with E-state index in [2.05, 4.69) is 14.6 Å². The number of sulfonamides is 1. The van der Waals surface area contributed by atoms with Gasteiger partial charge in [-0.2, -0.15) is 0 Å². The van der Waals surface area contributed by atoms with Crippen molar-refractivity contribution in [3.05, 3.63) is 41.9 Å². The molecule has 170 valence electrons. The fourth-order valence-electron chi connectivity index (χ4n) is 4.04. The largest absolute Gasteiger partial charge is 0.488 e. The lowest BCUT2D eigenvalue weighted by Crippen LogP contribution is -2.32. The second-order valence-electron chi connectivity index (χ2n) is 7.92. The summed E-state index contributed by atoms with van der Waals surface area (Å²) in [6.45, 7) is 4.56. The first-order chi connectivity index (χ1) is 15.6. The zero-order valence-corrected chi connectivity index (χ0v) is 19.2. The molecule has 0 bridgehead atoms. The van der Waals surface area contributed by atoms with Crippen LogP contribution in [0.4, 0.5) is 0 Å². The molecule has 0 aliphatic carbocycles. The molecule has 1 fully saturated rings. The van der Waals surface area contributed by atoms with Gasteiger partial charge in [-0.15, -0.1) is 11.3 Å². The molecule has 1 N–H and O–H groups in total.